The molecule has 26 heteroatoms. The van der Waals surface area contributed by atoms with Crippen molar-refractivity contribution in [3.8, 4) is 16.9 Å². The zero-order valence-electron chi connectivity index (χ0n) is 40.5. The summed E-state index contributed by atoms with van der Waals surface area (Å²) in [5.74, 6) is -4.88. The summed E-state index contributed by atoms with van der Waals surface area (Å²) in [5, 5.41) is 53.0. The number of phenolic OH excluding ortho intramolecular Hbond substituents is 1. The van der Waals surface area contributed by atoms with Crippen molar-refractivity contribution in [2.24, 2.45) is 10.2 Å². The lowest BCUT2D eigenvalue weighted by Gasteiger charge is -2.33. The zero-order chi connectivity index (χ0) is 53.8. The number of carboxylic acids is 3. The number of nitrogens with one attached hydrogen (secondary N) is 2. The zero-order valence-corrected chi connectivity index (χ0v) is 42.2. The molecule has 24 nitrogen and oxygen atoms in total. The molecule has 1 heterocycles. The molecule has 0 saturated carbocycles. The van der Waals surface area contributed by atoms with Crippen LogP contribution in [0.5, 0.6) is 5.75 Å². The lowest BCUT2D eigenvalue weighted by Crippen LogP contribution is -2.51. The maximum atomic E-state index is 13.9. The predicted molar refractivity (Wildman–Crippen MR) is 269 cm³/mol. The van der Waals surface area contributed by atoms with Crippen LogP contribution in [0.25, 0.3) is 21.9 Å². The van der Waals surface area contributed by atoms with E-state index in [-0.39, 0.29) is 89.6 Å². The van der Waals surface area contributed by atoms with E-state index in [1.54, 1.807) is 50.8 Å². The summed E-state index contributed by atoms with van der Waals surface area (Å²) in [6, 6.07) is 12.5. The van der Waals surface area contributed by atoms with Crippen molar-refractivity contribution in [1.82, 2.24) is 24.9 Å². The van der Waals surface area contributed by atoms with Crippen LogP contribution < -0.4 is 16.4 Å². The second-order valence-corrected chi connectivity index (χ2v) is 20.5. The smallest absolute Gasteiger partial charge is 0.317 e. The van der Waals surface area contributed by atoms with Crippen molar-refractivity contribution in [2.75, 3.05) is 89.6 Å². The highest BCUT2D eigenvalue weighted by atomic mass is 32.2. The van der Waals surface area contributed by atoms with Crippen LogP contribution in [0, 0.1) is 13.8 Å². The van der Waals surface area contributed by atoms with Crippen molar-refractivity contribution in [3.63, 3.8) is 0 Å². The number of benzene rings is 4. The highest BCUT2D eigenvalue weighted by Crippen LogP contribution is 2.44. The largest absolute Gasteiger partial charge is 0.505 e. The molecule has 1 aliphatic rings. The standard InChI is InChI=1S/C47H61N9O15S2/c1-4-5-6-7-37(49-40(57)25-53-14-16-54(26-41(58)59)18-20-56(28-43(62)63)21-19-55(17-15-53)27-42(60)61)47(65)50-34-11-8-31(22-29(34)2)32-9-12-35(30(3)23-32)51-52-36-13-10-33-38(72(66,67)68)24-39(73(69,70)71)45(48)44(33)46(36)64/h8-13,22-24,37,64H,4-7,14-21,25-28,48H2,1-3H3,(H,49,57)(H,50,65)(H,58,59)(H,60,61)(H,62,63)(H,66,67,68)(H,69,70,71)/t37-/m1/s1. The van der Waals surface area contributed by atoms with E-state index in [1.807, 2.05) is 26.0 Å². The van der Waals surface area contributed by atoms with Gasteiger partial charge >= 0.3 is 17.9 Å². The number of phenols is 1. The van der Waals surface area contributed by atoms with Gasteiger partial charge in [-0.25, -0.2) is 0 Å². The first-order valence-electron chi connectivity index (χ1n) is 23.2. The molecule has 73 heavy (non-hydrogen) atoms. The Morgan fingerprint density at radius 1 is 0.644 bits per heavy atom. The van der Waals surface area contributed by atoms with Gasteiger partial charge in [0.15, 0.2) is 5.75 Å². The van der Waals surface area contributed by atoms with Crippen LogP contribution in [-0.2, 0) is 44.2 Å². The van der Waals surface area contributed by atoms with E-state index < -0.39 is 82.6 Å². The number of aromatic hydroxyl groups is 1. The summed E-state index contributed by atoms with van der Waals surface area (Å²) < 4.78 is 67.6. The monoisotopic (exact) mass is 1060 g/mol. The Bertz CT molecular complexity index is 2940. The van der Waals surface area contributed by atoms with Crippen LogP contribution >= 0.6 is 0 Å². The maximum absolute atomic E-state index is 13.9. The Morgan fingerprint density at radius 3 is 1.58 bits per heavy atom. The van der Waals surface area contributed by atoms with Crippen molar-refractivity contribution in [2.45, 2.75) is 62.3 Å². The minimum Gasteiger partial charge on any atom is -0.505 e. The molecular formula is C47H61N9O15S2. The van der Waals surface area contributed by atoms with Gasteiger partial charge in [-0.2, -0.15) is 21.9 Å². The van der Waals surface area contributed by atoms with Gasteiger partial charge in [0, 0.05) is 63.4 Å². The van der Waals surface area contributed by atoms with Gasteiger partial charge in [-0.15, -0.1) is 5.11 Å². The number of carbonyl (C=O) groups excluding carboxylic acids is 2. The van der Waals surface area contributed by atoms with Gasteiger partial charge in [-0.3, -0.25) is 52.7 Å². The SMILES string of the molecule is CCCCC[C@@H](NC(=O)CN1CCN(CC(=O)O)CCN(CC(=O)O)CCN(CC(=O)O)CC1)C(=O)Nc1ccc(-c2ccc(N=Nc3ccc4c(S(=O)(=O)O)cc(S(=O)(=O)O)c(N)c4c3O)c(C)c2)cc1C. The molecule has 0 radical (unpaired) electrons. The first-order chi connectivity index (χ1) is 34.3. The Labute approximate surface area is 422 Å². The van der Waals surface area contributed by atoms with Gasteiger partial charge < -0.3 is 36.8 Å². The first kappa shape index (κ1) is 57.3. The fourth-order valence-electron chi connectivity index (χ4n) is 8.32. The highest BCUT2D eigenvalue weighted by molar-refractivity contribution is 7.87. The number of amides is 2. The van der Waals surface area contributed by atoms with Crippen LogP contribution in [-0.4, -0.2) is 180 Å². The van der Waals surface area contributed by atoms with E-state index in [2.05, 4.69) is 20.9 Å². The molecule has 2 amide bonds. The molecule has 10 N–H and O–H groups in total. The van der Waals surface area contributed by atoms with E-state index >= 15 is 0 Å². The Hall–Kier alpha value is -6.65. The number of aryl methyl sites for hydroxylation is 2. The summed E-state index contributed by atoms with van der Waals surface area (Å²) in [7, 11) is -10.2. The van der Waals surface area contributed by atoms with Crippen LogP contribution in [0.15, 0.2) is 74.6 Å². The summed E-state index contributed by atoms with van der Waals surface area (Å²) in [6.07, 6.45) is 2.66. The van der Waals surface area contributed by atoms with Gasteiger partial charge in [0.1, 0.15) is 21.5 Å². The van der Waals surface area contributed by atoms with Gasteiger partial charge in [0.25, 0.3) is 20.2 Å². The number of nitrogens with zero attached hydrogens (tertiary/aromatic N) is 6. The maximum Gasteiger partial charge on any atom is 0.317 e. The van der Waals surface area contributed by atoms with E-state index in [1.165, 1.54) is 6.07 Å². The van der Waals surface area contributed by atoms with Crippen LogP contribution in [0.2, 0.25) is 0 Å². The lowest BCUT2D eigenvalue weighted by atomic mass is 10.00. The number of unbranched alkanes of at least 4 members (excludes halogenated alkanes) is 2. The molecule has 1 fully saturated rings. The van der Waals surface area contributed by atoms with Crippen molar-refractivity contribution in [1.29, 1.82) is 0 Å². The minimum atomic E-state index is -5.10. The Morgan fingerprint density at radius 2 is 1.11 bits per heavy atom. The third kappa shape index (κ3) is 16.4. The molecular weight excluding hydrogens is 995 g/mol. The molecule has 396 valence electrons. The molecule has 0 aromatic heterocycles. The van der Waals surface area contributed by atoms with E-state index in [4.69, 9.17) is 5.73 Å². The molecule has 4 aromatic rings. The summed E-state index contributed by atoms with van der Waals surface area (Å²) in [6.45, 7) is 6.27. The number of aliphatic carboxylic acids is 3. The number of fused-ring (bicyclic) bond motifs is 1. The molecule has 0 unspecified atom stereocenters. The third-order valence-corrected chi connectivity index (χ3v) is 14.0. The number of hydrogen-bond acceptors (Lipinski definition) is 17. The number of nitrogens with two attached hydrogens (primary N) is 1. The van der Waals surface area contributed by atoms with Gasteiger partial charge in [0.2, 0.25) is 11.8 Å². The number of carboxylic acid groups (broad SMARTS) is 3. The van der Waals surface area contributed by atoms with Crippen LogP contribution in [0.3, 0.4) is 0 Å². The van der Waals surface area contributed by atoms with E-state index in [0.29, 0.717) is 41.4 Å². The van der Waals surface area contributed by atoms with Gasteiger partial charge in [-0.05, 0) is 78.9 Å². The Balaban J connectivity index is 1.30. The molecule has 5 rings (SSSR count). The molecule has 1 saturated heterocycles. The second kappa shape index (κ2) is 25.3. The average molecular weight is 1060 g/mol. The summed E-state index contributed by atoms with van der Waals surface area (Å²) in [4.78, 5) is 67.4. The fraction of sp³-hybridized carbons (Fsp3) is 0.426. The topological polar surface area (TPSA) is 363 Å². The minimum absolute atomic E-state index is 0.167. The normalized spacial score (nSPS) is 15.6. The van der Waals surface area contributed by atoms with Gasteiger partial charge in [-0.1, -0.05) is 44.4 Å². The molecule has 1 aliphatic heterocycles. The first-order valence-corrected chi connectivity index (χ1v) is 26.0. The fourth-order valence-corrected chi connectivity index (χ4v) is 9.75. The number of anilines is 2. The van der Waals surface area contributed by atoms with Crippen LogP contribution in [0.1, 0.15) is 43.7 Å². The number of rotatable bonds is 20. The summed E-state index contributed by atoms with van der Waals surface area (Å²) in [5.41, 5.74) is 8.74. The highest BCUT2D eigenvalue weighted by Gasteiger charge is 2.28. The third-order valence-electron chi connectivity index (χ3n) is 12.2. The van der Waals surface area contributed by atoms with E-state index in [0.717, 1.165) is 30.0 Å². The molecule has 0 aliphatic carbocycles. The van der Waals surface area contributed by atoms with Crippen LogP contribution in [0.4, 0.5) is 22.7 Å². The number of azo groups is 1. The lowest BCUT2D eigenvalue weighted by molar-refractivity contribution is -0.140. The number of hydrogen-bond donors (Lipinski definition) is 9. The number of nitrogen functional groups attached to an aromatic ring is 1. The van der Waals surface area contributed by atoms with Crippen molar-refractivity contribution in [3.05, 3.63) is 65.7 Å². The second-order valence-electron chi connectivity index (χ2n) is 17.7. The van der Waals surface area contributed by atoms with E-state index in [9.17, 15) is 70.3 Å². The number of carbonyl (C=O) groups is 5. The van der Waals surface area contributed by atoms with Crippen molar-refractivity contribution < 1.29 is 70.3 Å². The summed E-state index contributed by atoms with van der Waals surface area (Å²) >= 11 is 0. The van der Waals surface area contributed by atoms with Crippen molar-refractivity contribution >= 4 is 83.5 Å². The molecule has 1 atom stereocenters. The van der Waals surface area contributed by atoms with Gasteiger partial charge in [0.05, 0.1) is 42.9 Å². The quantitative estimate of drug-likeness (QED) is 0.0263. The molecule has 0 spiro atoms. The molecule has 0 bridgehead atoms. The predicted octanol–water partition coefficient (Wildman–Crippen LogP) is 3.80. The molecule has 4 aromatic carbocycles. The average Bonchev–Trinajstić information content (AvgIpc) is 3.29. The Kier molecular flexibility index (Phi) is 19.9.